The van der Waals surface area contributed by atoms with E-state index >= 15 is 0 Å². The Hall–Kier alpha value is -2.62. The maximum Gasteiger partial charge on any atom is 0.0703 e. The molecule has 0 atom stereocenters. The summed E-state index contributed by atoms with van der Waals surface area (Å²) in [5, 5.41) is 7.73. The van der Waals surface area contributed by atoms with Gasteiger partial charge in [-0.05, 0) is 37.3 Å². The third kappa shape index (κ3) is 2.69. The highest BCUT2D eigenvalue weighted by Gasteiger charge is 1.99. The molecule has 0 bridgehead atoms. The standard InChI is InChI=1S/C16H16N4/c1-2-18-14-9-15(11-17-10-14)20-13-5-6-16-12(8-13)4-3-7-19-16/h3-11,18,20H,2H2,1H3. The van der Waals surface area contributed by atoms with Crippen LogP contribution in [0.1, 0.15) is 6.92 Å². The Morgan fingerprint density at radius 1 is 1.00 bits per heavy atom. The minimum atomic E-state index is 0.882. The average Bonchev–Trinajstić information content (AvgIpc) is 2.48. The Labute approximate surface area is 117 Å². The second-order valence-electron chi connectivity index (χ2n) is 4.53. The first-order chi connectivity index (χ1) is 9.85. The van der Waals surface area contributed by atoms with Crippen molar-refractivity contribution in [3.8, 4) is 0 Å². The second kappa shape index (κ2) is 5.57. The minimum Gasteiger partial charge on any atom is -0.384 e. The zero-order valence-corrected chi connectivity index (χ0v) is 11.3. The molecular weight excluding hydrogens is 248 g/mol. The summed E-state index contributed by atoms with van der Waals surface area (Å²) in [6, 6.07) is 12.2. The lowest BCUT2D eigenvalue weighted by molar-refractivity contribution is 1.19. The van der Waals surface area contributed by atoms with Gasteiger partial charge in [0.15, 0.2) is 0 Å². The lowest BCUT2D eigenvalue weighted by atomic mass is 10.2. The fourth-order valence-corrected chi connectivity index (χ4v) is 2.13. The largest absolute Gasteiger partial charge is 0.384 e. The van der Waals surface area contributed by atoms with Crippen molar-refractivity contribution in [2.24, 2.45) is 0 Å². The molecule has 2 aromatic heterocycles. The van der Waals surface area contributed by atoms with Crippen LogP contribution in [0.2, 0.25) is 0 Å². The molecule has 0 aliphatic rings. The van der Waals surface area contributed by atoms with Crippen LogP contribution >= 0.6 is 0 Å². The molecule has 2 heterocycles. The maximum atomic E-state index is 4.32. The van der Waals surface area contributed by atoms with Crippen LogP contribution in [0.15, 0.2) is 55.0 Å². The van der Waals surface area contributed by atoms with Crippen molar-refractivity contribution < 1.29 is 0 Å². The molecule has 3 rings (SSSR count). The predicted molar refractivity (Wildman–Crippen MR) is 83.4 cm³/mol. The highest BCUT2D eigenvalue weighted by Crippen LogP contribution is 2.22. The van der Waals surface area contributed by atoms with Crippen molar-refractivity contribution in [3.63, 3.8) is 0 Å². The molecule has 0 saturated heterocycles. The van der Waals surface area contributed by atoms with Crippen LogP contribution in [-0.2, 0) is 0 Å². The molecule has 20 heavy (non-hydrogen) atoms. The normalized spacial score (nSPS) is 10.4. The Kier molecular flexibility index (Phi) is 3.46. The van der Waals surface area contributed by atoms with Gasteiger partial charge in [-0.15, -0.1) is 0 Å². The first-order valence-corrected chi connectivity index (χ1v) is 6.66. The van der Waals surface area contributed by atoms with Gasteiger partial charge in [0.2, 0.25) is 0 Å². The molecule has 0 fully saturated rings. The number of pyridine rings is 2. The van der Waals surface area contributed by atoms with Crippen LogP contribution in [0.4, 0.5) is 17.1 Å². The van der Waals surface area contributed by atoms with Crippen LogP contribution < -0.4 is 10.6 Å². The van der Waals surface area contributed by atoms with E-state index in [9.17, 15) is 0 Å². The monoisotopic (exact) mass is 264 g/mol. The van der Waals surface area contributed by atoms with Gasteiger partial charge in [-0.3, -0.25) is 9.97 Å². The van der Waals surface area contributed by atoms with Crippen molar-refractivity contribution in [1.82, 2.24) is 9.97 Å². The molecule has 0 unspecified atom stereocenters. The molecule has 0 aliphatic heterocycles. The predicted octanol–water partition coefficient (Wildman–Crippen LogP) is 3.81. The Balaban J connectivity index is 1.87. The summed E-state index contributed by atoms with van der Waals surface area (Å²) < 4.78 is 0. The SMILES string of the molecule is CCNc1cncc(Nc2ccc3ncccc3c2)c1. The molecule has 0 amide bonds. The van der Waals surface area contributed by atoms with Crippen LogP contribution in [0.25, 0.3) is 10.9 Å². The number of hydrogen-bond donors (Lipinski definition) is 2. The maximum absolute atomic E-state index is 4.32. The van der Waals surface area contributed by atoms with Gasteiger partial charge in [0.1, 0.15) is 0 Å². The van der Waals surface area contributed by atoms with Gasteiger partial charge in [-0.25, -0.2) is 0 Å². The molecule has 3 aromatic rings. The summed E-state index contributed by atoms with van der Waals surface area (Å²) >= 11 is 0. The van der Waals surface area contributed by atoms with E-state index in [2.05, 4.69) is 39.7 Å². The van der Waals surface area contributed by atoms with E-state index < -0.39 is 0 Å². The van der Waals surface area contributed by atoms with Crippen LogP contribution in [0, 0.1) is 0 Å². The molecule has 0 aliphatic carbocycles. The van der Waals surface area contributed by atoms with Gasteiger partial charge in [0, 0.05) is 23.8 Å². The molecule has 2 N–H and O–H groups in total. The quantitative estimate of drug-likeness (QED) is 0.752. The van der Waals surface area contributed by atoms with Crippen molar-refractivity contribution in [2.75, 3.05) is 17.2 Å². The van der Waals surface area contributed by atoms with Crippen molar-refractivity contribution in [3.05, 3.63) is 55.0 Å². The van der Waals surface area contributed by atoms with E-state index in [1.54, 1.807) is 6.20 Å². The third-order valence-electron chi connectivity index (χ3n) is 3.01. The van der Waals surface area contributed by atoms with E-state index in [4.69, 9.17) is 0 Å². The van der Waals surface area contributed by atoms with Crippen molar-refractivity contribution >= 4 is 28.0 Å². The molecule has 0 spiro atoms. The minimum absolute atomic E-state index is 0.882. The number of aromatic nitrogens is 2. The highest BCUT2D eigenvalue weighted by atomic mass is 14.9. The Morgan fingerprint density at radius 2 is 1.90 bits per heavy atom. The van der Waals surface area contributed by atoms with Crippen molar-refractivity contribution in [1.29, 1.82) is 0 Å². The summed E-state index contributed by atoms with van der Waals surface area (Å²) in [6.45, 7) is 2.95. The summed E-state index contributed by atoms with van der Waals surface area (Å²) in [5.74, 6) is 0. The number of nitrogens with one attached hydrogen (secondary N) is 2. The van der Waals surface area contributed by atoms with E-state index in [1.165, 1.54) is 0 Å². The van der Waals surface area contributed by atoms with Gasteiger partial charge in [-0.2, -0.15) is 0 Å². The van der Waals surface area contributed by atoms with Crippen LogP contribution in [-0.4, -0.2) is 16.5 Å². The van der Waals surface area contributed by atoms with Crippen LogP contribution in [0.3, 0.4) is 0 Å². The molecule has 4 heteroatoms. The lowest BCUT2D eigenvalue weighted by Crippen LogP contribution is -1.98. The van der Waals surface area contributed by atoms with Gasteiger partial charge in [-0.1, -0.05) is 6.07 Å². The van der Waals surface area contributed by atoms with Crippen LogP contribution in [0.5, 0.6) is 0 Å². The number of nitrogens with zero attached hydrogens (tertiary/aromatic N) is 2. The summed E-state index contributed by atoms with van der Waals surface area (Å²) in [7, 11) is 0. The number of hydrogen-bond acceptors (Lipinski definition) is 4. The lowest BCUT2D eigenvalue weighted by Gasteiger charge is -2.09. The summed E-state index contributed by atoms with van der Waals surface area (Å²) in [4.78, 5) is 8.54. The molecule has 0 radical (unpaired) electrons. The first-order valence-electron chi connectivity index (χ1n) is 6.66. The van der Waals surface area contributed by atoms with E-state index in [-0.39, 0.29) is 0 Å². The Bertz CT molecular complexity index is 724. The number of anilines is 3. The van der Waals surface area contributed by atoms with E-state index in [1.807, 2.05) is 36.7 Å². The Morgan fingerprint density at radius 3 is 2.80 bits per heavy atom. The van der Waals surface area contributed by atoms with Crippen molar-refractivity contribution in [2.45, 2.75) is 6.92 Å². The molecule has 0 saturated carbocycles. The fraction of sp³-hybridized carbons (Fsp3) is 0.125. The first kappa shape index (κ1) is 12.4. The molecular formula is C16H16N4. The number of rotatable bonds is 4. The van der Waals surface area contributed by atoms with Gasteiger partial charge >= 0.3 is 0 Å². The number of fused-ring (bicyclic) bond motifs is 1. The topological polar surface area (TPSA) is 49.8 Å². The van der Waals surface area contributed by atoms with Gasteiger partial charge < -0.3 is 10.6 Å². The zero-order chi connectivity index (χ0) is 13.8. The summed E-state index contributed by atoms with van der Waals surface area (Å²) in [5.41, 5.74) is 4.00. The molecule has 4 nitrogen and oxygen atoms in total. The van der Waals surface area contributed by atoms with E-state index in [0.29, 0.717) is 0 Å². The van der Waals surface area contributed by atoms with E-state index in [0.717, 1.165) is 34.5 Å². The fourth-order valence-electron chi connectivity index (χ4n) is 2.13. The average molecular weight is 264 g/mol. The number of benzene rings is 1. The molecule has 1 aromatic carbocycles. The third-order valence-corrected chi connectivity index (χ3v) is 3.01. The smallest absolute Gasteiger partial charge is 0.0703 e. The summed E-state index contributed by atoms with van der Waals surface area (Å²) in [6.07, 6.45) is 5.44. The second-order valence-corrected chi connectivity index (χ2v) is 4.53. The van der Waals surface area contributed by atoms with Gasteiger partial charge in [0.05, 0.1) is 29.3 Å². The highest BCUT2D eigenvalue weighted by molar-refractivity contribution is 5.83. The molecule has 100 valence electrons. The van der Waals surface area contributed by atoms with Gasteiger partial charge in [0.25, 0.3) is 0 Å². The zero-order valence-electron chi connectivity index (χ0n) is 11.3.